The molecule has 3 heteroatoms. The third-order valence-electron chi connectivity index (χ3n) is 3.16. The van der Waals surface area contributed by atoms with Gasteiger partial charge in [0.1, 0.15) is 5.69 Å². The molecule has 2 rings (SSSR count). The maximum Gasteiger partial charge on any atom is 0.211 e. The summed E-state index contributed by atoms with van der Waals surface area (Å²) in [7, 11) is 1.82. The molecule has 0 aliphatic rings. The van der Waals surface area contributed by atoms with Crippen LogP contribution in [0, 0.1) is 13.8 Å². The van der Waals surface area contributed by atoms with Crippen LogP contribution >= 0.6 is 0 Å². The first-order valence-electron chi connectivity index (χ1n) is 6.17. The molecule has 0 radical (unpaired) electrons. The van der Waals surface area contributed by atoms with Gasteiger partial charge in [0.15, 0.2) is 0 Å². The number of ketones is 1. The minimum atomic E-state index is 0.0471. The van der Waals surface area contributed by atoms with E-state index in [-0.39, 0.29) is 5.78 Å². The number of carbonyl (C=O) groups is 1. The first kappa shape index (κ1) is 12.6. The minimum absolute atomic E-state index is 0.0471. The fourth-order valence-electron chi connectivity index (χ4n) is 2.03. The van der Waals surface area contributed by atoms with E-state index in [0.717, 1.165) is 28.8 Å². The van der Waals surface area contributed by atoms with Crippen LogP contribution in [0.5, 0.6) is 0 Å². The van der Waals surface area contributed by atoms with E-state index < -0.39 is 0 Å². The van der Waals surface area contributed by atoms with Gasteiger partial charge in [0, 0.05) is 12.6 Å². The lowest BCUT2D eigenvalue weighted by molar-refractivity contribution is 0.102. The van der Waals surface area contributed by atoms with Gasteiger partial charge in [-0.1, -0.05) is 24.6 Å². The van der Waals surface area contributed by atoms with Gasteiger partial charge in [0.25, 0.3) is 0 Å². The average molecular weight is 242 g/mol. The largest absolute Gasteiger partial charge is 0.287 e. The molecule has 3 nitrogen and oxygen atoms in total. The molecular weight excluding hydrogens is 224 g/mol. The van der Waals surface area contributed by atoms with Crippen molar-refractivity contribution in [3.8, 4) is 0 Å². The lowest BCUT2D eigenvalue weighted by Crippen LogP contribution is -2.09. The Balaban J connectivity index is 2.47. The Kier molecular flexibility index (Phi) is 3.32. The van der Waals surface area contributed by atoms with Crippen molar-refractivity contribution in [2.45, 2.75) is 27.2 Å². The molecule has 0 unspecified atom stereocenters. The highest BCUT2D eigenvalue weighted by Crippen LogP contribution is 2.16. The van der Waals surface area contributed by atoms with Gasteiger partial charge in [-0.3, -0.25) is 9.48 Å². The Hall–Kier alpha value is -1.90. The molecule has 0 spiro atoms. The summed E-state index contributed by atoms with van der Waals surface area (Å²) in [4.78, 5) is 12.5. The maximum atomic E-state index is 12.5. The summed E-state index contributed by atoms with van der Waals surface area (Å²) in [6.45, 7) is 6.00. The van der Waals surface area contributed by atoms with Crippen LogP contribution in [0.4, 0.5) is 0 Å². The molecule has 2 aromatic rings. The first-order chi connectivity index (χ1) is 8.52. The van der Waals surface area contributed by atoms with Crippen LogP contribution in [0.1, 0.15) is 39.8 Å². The van der Waals surface area contributed by atoms with Gasteiger partial charge in [-0.25, -0.2) is 0 Å². The third kappa shape index (κ3) is 2.21. The summed E-state index contributed by atoms with van der Waals surface area (Å²) >= 11 is 0. The lowest BCUT2D eigenvalue weighted by Gasteiger charge is -2.06. The number of carbonyl (C=O) groups excluding carboxylic acids is 1. The van der Waals surface area contributed by atoms with Crippen LogP contribution < -0.4 is 0 Å². The summed E-state index contributed by atoms with van der Waals surface area (Å²) in [6.07, 6.45) is 0.841. The zero-order valence-electron chi connectivity index (χ0n) is 11.3. The summed E-state index contributed by atoms with van der Waals surface area (Å²) in [5, 5.41) is 4.32. The van der Waals surface area contributed by atoms with Crippen molar-refractivity contribution in [3.63, 3.8) is 0 Å². The Morgan fingerprint density at radius 1 is 1.28 bits per heavy atom. The molecule has 0 amide bonds. The summed E-state index contributed by atoms with van der Waals surface area (Å²) in [5.41, 5.74) is 4.47. The second-order valence-electron chi connectivity index (χ2n) is 4.65. The molecule has 0 aliphatic heterocycles. The highest BCUT2D eigenvalue weighted by Gasteiger charge is 2.16. The van der Waals surface area contributed by atoms with Gasteiger partial charge >= 0.3 is 0 Å². The molecule has 0 saturated heterocycles. The van der Waals surface area contributed by atoms with E-state index in [1.165, 1.54) is 0 Å². The number of hydrogen-bond acceptors (Lipinski definition) is 2. The van der Waals surface area contributed by atoms with Gasteiger partial charge in [0.05, 0.1) is 5.69 Å². The molecule has 1 aromatic carbocycles. The molecule has 0 bridgehead atoms. The Bertz CT molecular complexity index is 597. The summed E-state index contributed by atoms with van der Waals surface area (Å²) in [5.74, 6) is 0.0471. The van der Waals surface area contributed by atoms with E-state index >= 15 is 0 Å². The van der Waals surface area contributed by atoms with Crippen LogP contribution in [0.25, 0.3) is 0 Å². The van der Waals surface area contributed by atoms with Gasteiger partial charge in [-0.05, 0) is 38.0 Å². The van der Waals surface area contributed by atoms with Crippen molar-refractivity contribution in [2.24, 2.45) is 7.05 Å². The zero-order valence-corrected chi connectivity index (χ0v) is 11.3. The number of hydrogen-bond donors (Lipinski definition) is 0. The molecular formula is C15H18N2O. The van der Waals surface area contributed by atoms with E-state index in [1.54, 1.807) is 4.68 Å². The second kappa shape index (κ2) is 4.77. The van der Waals surface area contributed by atoms with Gasteiger partial charge in [-0.15, -0.1) is 0 Å². The third-order valence-corrected chi connectivity index (χ3v) is 3.16. The molecule has 0 aliphatic carbocycles. The topological polar surface area (TPSA) is 34.9 Å². The molecule has 1 aromatic heterocycles. The van der Waals surface area contributed by atoms with Crippen molar-refractivity contribution in [3.05, 3.63) is 52.3 Å². The number of aryl methyl sites for hydroxylation is 4. The van der Waals surface area contributed by atoms with Crippen molar-refractivity contribution < 1.29 is 4.79 Å². The standard InChI is InChI=1S/C15H18N2O/c1-5-12-9-14(17(4)16-12)15(18)13-8-10(2)6-7-11(13)3/h6-9H,5H2,1-4H3. The minimum Gasteiger partial charge on any atom is -0.287 e. The van der Waals surface area contributed by atoms with Crippen molar-refractivity contribution >= 4 is 5.78 Å². The number of aromatic nitrogens is 2. The van der Waals surface area contributed by atoms with Crippen LogP contribution in [-0.2, 0) is 13.5 Å². The highest BCUT2D eigenvalue weighted by molar-refractivity contribution is 6.09. The predicted octanol–water partition coefficient (Wildman–Crippen LogP) is 2.83. The van der Waals surface area contributed by atoms with Crippen LogP contribution in [0.15, 0.2) is 24.3 Å². The predicted molar refractivity (Wildman–Crippen MR) is 71.9 cm³/mol. The van der Waals surface area contributed by atoms with Gasteiger partial charge in [-0.2, -0.15) is 5.10 Å². The summed E-state index contributed by atoms with van der Waals surface area (Å²) in [6, 6.07) is 7.83. The Labute approximate surface area is 107 Å². The molecule has 1 heterocycles. The zero-order chi connectivity index (χ0) is 13.3. The van der Waals surface area contributed by atoms with Crippen molar-refractivity contribution in [1.82, 2.24) is 9.78 Å². The molecule has 0 fully saturated rings. The fourth-order valence-corrected chi connectivity index (χ4v) is 2.03. The molecule has 0 N–H and O–H groups in total. The lowest BCUT2D eigenvalue weighted by atomic mass is 10.00. The van der Waals surface area contributed by atoms with Gasteiger partial charge < -0.3 is 0 Å². The average Bonchev–Trinajstić information content (AvgIpc) is 2.73. The Morgan fingerprint density at radius 3 is 2.61 bits per heavy atom. The van der Waals surface area contributed by atoms with E-state index in [0.29, 0.717) is 5.69 Å². The van der Waals surface area contributed by atoms with E-state index in [9.17, 15) is 4.79 Å². The Morgan fingerprint density at radius 2 is 2.00 bits per heavy atom. The summed E-state index contributed by atoms with van der Waals surface area (Å²) < 4.78 is 1.67. The van der Waals surface area contributed by atoms with E-state index in [2.05, 4.69) is 5.10 Å². The second-order valence-corrected chi connectivity index (χ2v) is 4.65. The fraction of sp³-hybridized carbons (Fsp3) is 0.333. The van der Waals surface area contributed by atoms with Crippen LogP contribution in [0.2, 0.25) is 0 Å². The van der Waals surface area contributed by atoms with E-state index in [4.69, 9.17) is 0 Å². The molecule has 0 saturated carbocycles. The van der Waals surface area contributed by atoms with E-state index in [1.807, 2.05) is 52.1 Å². The highest BCUT2D eigenvalue weighted by atomic mass is 16.1. The normalized spacial score (nSPS) is 10.7. The first-order valence-corrected chi connectivity index (χ1v) is 6.17. The van der Waals surface area contributed by atoms with Crippen LogP contribution in [-0.4, -0.2) is 15.6 Å². The molecule has 94 valence electrons. The number of rotatable bonds is 3. The van der Waals surface area contributed by atoms with Gasteiger partial charge in [0.2, 0.25) is 5.78 Å². The molecule has 18 heavy (non-hydrogen) atoms. The number of benzene rings is 1. The van der Waals surface area contributed by atoms with Crippen molar-refractivity contribution in [2.75, 3.05) is 0 Å². The van der Waals surface area contributed by atoms with Crippen molar-refractivity contribution in [1.29, 1.82) is 0 Å². The monoisotopic (exact) mass is 242 g/mol. The van der Waals surface area contributed by atoms with Crippen LogP contribution in [0.3, 0.4) is 0 Å². The number of nitrogens with zero attached hydrogens (tertiary/aromatic N) is 2. The molecule has 0 atom stereocenters. The SMILES string of the molecule is CCc1cc(C(=O)c2cc(C)ccc2C)n(C)n1. The quantitative estimate of drug-likeness (QED) is 0.776. The maximum absolute atomic E-state index is 12.5. The smallest absolute Gasteiger partial charge is 0.211 e.